The second-order valence-corrected chi connectivity index (χ2v) is 12.2. The smallest absolute Gasteiger partial charge is 0.426 e. The summed E-state index contributed by atoms with van der Waals surface area (Å²) in [6.07, 6.45) is 4.38. The summed E-state index contributed by atoms with van der Waals surface area (Å²) in [4.78, 5) is 11.9. The lowest BCUT2D eigenvalue weighted by atomic mass is 9.57. The van der Waals surface area contributed by atoms with Crippen LogP contribution in [0.15, 0.2) is 0 Å². The third-order valence-corrected chi connectivity index (χ3v) is 9.76. The molecular formula is C22H34F2O9S. The second kappa shape index (κ2) is 9.19. The number of alkyl halides is 2. The Morgan fingerprint density at radius 3 is 2.09 bits per heavy atom. The van der Waals surface area contributed by atoms with Crippen molar-refractivity contribution in [2.75, 3.05) is 6.61 Å². The molecule has 4 rings (SSSR count). The molecule has 8 unspecified atom stereocenters. The van der Waals surface area contributed by atoms with E-state index in [1.165, 1.54) is 0 Å². The van der Waals surface area contributed by atoms with Gasteiger partial charge in [-0.1, -0.05) is 12.8 Å². The number of halogens is 2. The van der Waals surface area contributed by atoms with Gasteiger partial charge in [0, 0.05) is 0 Å². The average molecular weight is 513 g/mol. The maximum Gasteiger partial charge on any atom is 0.430 e. The first-order valence-corrected chi connectivity index (χ1v) is 13.5. The number of aliphatic hydroxyl groups excluding tert-OH is 1. The van der Waals surface area contributed by atoms with Crippen molar-refractivity contribution < 1.29 is 51.3 Å². The van der Waals surface area contributed by atoms with Gasteiger partial charge in [-0.15, -0.1) is 0 Å². The monoisotopic (exact) mass is 512 g/mol. The standard InChI is InChI=1S/C22H34F2O9S/c23-22(24,34(29,30)31)19(26)33-18(25)12-32-13-5-6-14-15(11-13)17-4-2-8-21(17,28)10-9-20(27)7-1-3-16(14)20/h13-17,19,26-28H,1-12H2,(H,29,30,31). The molecule has 196 valence electrons. The van der Waals surface area contributed by atoms with E-state index in [0.29, 0.717) is 32.1 Å². The van der Waals surface area contributed by atoms with Gasteiger partial charge in [-0.2, -0.15) is 17.2 Å². The van der Waals surface area contributed by atoms with Gasteiger partial charge in [0.15, 0.2) is 0 Å². The van der Waals surface area contributed by atoms with Crippen LogP contribution in [0.5, 0.6) is 0 Å². The molecule has 0 aromatic carbocycles. The van der Waals surface area contributed by atoms with E-state index >= 15 is 0 Å². The summed E-state index contributed by atoms with van der Waals surface area (Å²) in [7, 11) is -5.97. The van der Waals surface area contributed by atoms with Crippen LogP contribution in [0.25, 0.3) is 0 Å². The Labute approximate surface area is 197 Å². The lowest BCUT2D eigenvalue weighted by molar-refractivity contribution is -0.210. The molecule has 0 amide bonds. The molecule has 0 bridgehead atoms. The van der Waals surface area contributed by atoms with Crippen molar-refractivity contribution in [2.24, 2.45) is 23.7 Å². The first-order chi connectivity index (χ1) is 15.8. The van der Waals surface area contributed by atoms with E-state index in [1.807, 2.05) is 0 Å². The fourth-order valence-corrected chi connectivity index (χ4v) is 7.59. The summed E-state index contributed by atoms with van der Waals surface area (Å²) >= 11 is 0. The van der Waals surface area contributed by atoms with Gasteiger partial charge in [-0.25, -0.2) is 4.79 Å². The van der Waals surface area contributed by atoms with Crippen LogP contribution >= 0.6 is 0 Å². The van der Waals surface area contributed by atoms with E-state index in [9.17, 15) is 37.3 Å². The van der Waals surface area contributed by atoms with Crippen molar-refractivity contribution in [3.8, 4) is 0 Å². The number of rotatable bonds is 6. The lowest BCUT2D eigenvalue weighted by Crippen LogP contribution is -2.52. The molecule has 34 heavy (non-hydrogen) atoms. The summed E-state index contributed by atoms with van der Waals surface area (Å²) in [6, 6.07) is 0. The number of hydrogen-bond acceptors (Lipinski definition) is 8. The highest BCUT2D eigenvalue weighted by Gasteiger charge is 2.57. The number of aliphatic hydroxyl groups is 3. The predicted octanol–water partition coefficient (Wildman–Crippen LogP) is 1.99. The van der Waals surface area contributed by atoms with Crippen LogP contribution in [0.1, 0.15) is 70.6 Å². The average Bonchev–Trinajstić information content (AvgIpc) is 3.32. The predicted molar refractivity (Wildman–Crippen MR) is 113 cm³/mol. The molecule has 0 spiro atoms. The van der Waals surface area contributed by atoms with Crippen molar-refractivity contribution >= 4 is 16.1 Å². The maximum atomic E-state index is 13.4. The largest absolute Gasteiger partial charge is 0.430 e. The Hall–Kier alpha value is -0.920. The van der Waals surface area contributed by atoms with Crippen LogP contribution in [0.2, 0.25) is 0 Å². The first-order valence-electron chi connectivity index (χ1n) is 12.1. The summed E-state index contributed by atoms with van der Waals surface area (Å²) in [5, 5.41) is 27.0. The fraction of sp³-hybridized carbons (Fsp3) is 0.955. The van der Waals surface area contributed by atoms with Crippen molar-refractivity contribution in [3.63, 3.8) is 0 Å². The topological polar surface area (TPSA) is 151 Å². The first kappa shape index (κ1) is 26.2. The highest BCUT2D eigenvalue weighted by atomic mass is 32.2. The van der Waals surface area contributed by atoms with Gasteiger partial charge in [0.25, 0.3) is 6.29 Å². The molecule has 0 radical (unpaired) electrons. The van der Waals surface area contributed by atoms with Crippen molar-refractivity contribution in [1.29, 1.82) is 0 Å². The van der Waals surface area contributed by atoms with E-state index in [2.05, 4.69) is 4.74 Å². The third-order valence-electron chi connectivity index (χ3n) is 8.87. The van der Waals surface area contributed by atoms with Gasteiger partial charge in [0.1, 0.15) is 6.61 Å². The van der Waals surface area contributed by atoms with Crippen LogP contribution < -0.4 is 0 Å². The summed E-state index contributed by atoms with van der Waals surface area (Å²) in [5.74, 6) is -0.850. The quantitative estimate of drug-likeness (QED) is 0.238. The minimum atomic E-state index is -5.97. The Morgan fingerprint density at radius 1 is 0.971 bits per heavy atom. The lowest BCUT2D eigenvalue weighted by Gasteiger charge is -2.51. The van der Waals surface area contributed by atoms with Gasteiger partial charge in [-0.05, 0) is 81.5 Å². The molecule has 9 nitrogen and oxygen atoms in total. The number of ether oxygens (including phenoxy) is 2. The molecule has 0 saturated heterocycles. The van der Waals surface area contributed by atoms with Gasteiger partial charge >= 0.3 is 21.3 Å². The second-order valence-electron chi connectivity index (χ2n) is 10.7. The molecule has 4 aliphatic rings. The van der Waals surface area contributed by atoms with Crippen LogP contribution in [-0.4, -0.2) is 69.7 Å². The Balaban J connectivity index is 1.41. The number of carbonyl (C=O) groups excluding carboxylic acids is 1. The molecule has 0 heterocycles. The normalized spacial score (nSPS) is 41.5. The Bertz CT molecular complexity index is 884. The zero-order valence-corrected chi connectivity index (χ0v) is 19.8. The Morgan fingerprint density at radius 2 is 1.53 bits per heavy atom. The zero-order valence-electron chi connectivity index (χ0n) is 18.9. The molecular weight excluding hydrogens is 478 g/mol. The third kappa shape index (κ3) is 4.73. The van der Waals surface area contributed by atoms with Crippen LogP contribution in [0.3, 0.4) is 0 Å². The van der Waals surface area contributed by atoms with Crippen LogP contribution in [0.4, 0.5) is 8.78 Å². The van der Waals surface area contributed by atoms with E-state index in [-0.39, 0.29) is 23.7 Å². The SMILES string of the molecule is O=C(COC1CCC2C(C1)C1CCCC1(O)CCC1(O)CCCC21)OC(O)C(F)(F)S(=O)(=O)O. The highest BCUT2D eigenvalue weighted by molar-refractivity contribution is 7.86. The molecule has 4 saturated carbocycles. The molecule has 4 aliphatic carbocycles. The molecule has 0 aliphatic heterocycles. The number of esters is 1. The summed E-state index contributed by atoms with van der Waals surface area (Å²) < 4.78 is 66.3. The van der Waals surface area contributed by atoms with Crippen molar-refractivity contribution in [1.82, 2.24) is 0 Å². The van der Waals surface area contributed by atoms with Crippen LogP contribution in [0, 0.1) is 23.7 Å². The fourth-order valence-electron chi connectivity index (χ4n) is 7.29. The molecule has 4 N–H and O–H groups in total. The number of fused-ring (bicyclic) bond motifs is 5. The molecule has 12 heteroatoms. The van der Waals surface area contributed by atoms with Crippen LogP contribution in [-0.2, 0) is 24.4 Å². The summed E-state index contributed by atoms with van der Waals surface area (Å²) in [6.45, 7) is -0.775. The minimum Gasteiger partial charge on any atom is -0.426 e. The molecule has 0 aromatic rings. The van der Waals surface area contributed by atoms with E-state index in [0.717, 1.165) is 38.5 Å². The van der Waals surface area contributed by atoms with Gasteiger partial charge in [-0.3, -0.25) is 4.55 Å². The van der Waals surface area contributed by atoms with E-state index in [1.54, 1.807) is 0 Å². The molecule has 8 atom stereocenters. The number of hydrogen-bond donors (Lipinski definition) is 4. The van der Waals surface area contributed by atoms with Gasteiger partial charge in [0.05, 0.1) is 17.3 Å². The maximum absolute atomic E-state index is 13.4. The molecule has 4 fully saturated rings. The minimum absolute atomic E-state index is 0.0660. The van der Waals surface area contributed by atoms with E-state index < -0.39 is 51.5 Å². The summed E-state index contributed by atoms with van der Waals surface area (Å²) in [5.41, 5.74) is -1.60. The highest BCUT2D eigenvalue weighted by Crippen LogP contribution is 2.58. The van der Waals surface area contributed by atoms with Crippen molar-refractivity contribution in [3.05, 3.63) is 0 Å². The van der Waals surface area contributed by atoms with Gasteiger partial charge in [0.2, 0.25) is 0 Å². The van der Waals surface area contributed by atoms with E-state index in [4.69, 9.17) is 9.29 Å². The van der Waals surface area contributed by atoms with Crippen molar-refractivity contribution in [2.45, 2.75) is 99.5 Å². The zero-order chi connectivity index (χ0) is 24.9. The number of carbonyl (C=O) groups is 1. The van der Waals surface area contributed by atoms with Gasteiger partial charge < -0.3 is 24.8 Å². The molecule has 0 aromatic heterocycles. The Kier molecular flexibility index (Phi) is 7.07.